The topological polar surface area (TPSA) is 126 Å². The summed E-state index contributed by atoms with van der Waals surface area (Å²) in [5, 5.41) is 16.7. The van der Waals surface area contributed by atoms with Crippen LogP contribution in [0.25, 0.3) is 89.5 Å². The molecule has 12 rings (SSSR count). The van der Waals surface area contributed by atoms with Gasteiger partial charge in [0.1, 0.15) is 0 Å². The van der Waals surface area contributed by atoms with Crippen molar-refractivity contribution < 1.29 is 100 Å². The van der Waals surface area contributed by atoms with E-state index in [4.69, 9.17) is 10.2 Å². The van der Waals surface area contributed by atoms with Crippen molar-refractivity contribution >= 4 is 11.6 Å². The summed E-state index contributed by atoms with van der Waals surface area (Å²) in [4.78, 5) is 38.3. The molecule has 4 aromatic heterocycles. The molecule has 0 spiro atoms. The van der Waals surface area contributed by atoms with Crippen LogP contribution in [0.15, 0.2) is 261 Å². The summed E-state index contributed by atoms with van der Waals surface area (Å²) in [6.07, 6.45) is 10.1. The largest absolute Gasteiger partial charge is 0.512 e. The number of nitrogens with zero attached hydrogens (tertiary/aromatic N) is 4. The maximum atomic E-state index is 10.0. The van der Waals surface area contributed by atoms with Gasteiger partial charge in [0.15, 0.2) is 11.6 Å². The van der Waals surface area contributed by atoms with E-state index in [2.05, 4.69) is 240 Å². The van der Waals surface area contributed by atoms with Crippen molar-refractivity contribution in [2.45, 2.75) is 90.0 Å². The van der Waals surface area contributed by atoms with Crippen molar-refractivity contribution in [1.82, 2.24) is 19.9 Å². The first-order valence-electron chi connectivity index (χ1n) is 31.4. The predicted octanol–water partition coefficient (Wildman–Crippen LogP) is 21.7. The molecule has 12 heteroatoms. The van der Waals surface area contributed by atoms with Gasteiger partial charge in [0.05, 0.1) is 11.5 Å². The van der Waals surface area contributed by atoms with Gasteiger partial charge in [0.2, 0.25) is 0 Å². The maximum absolute atomic E-state index is 10.0. The molecule has 0 unspecified atom stereocenters. The first-order valence-corrected chi connectivity index (χ1v) is 31.4. The molecule has 0 atom stereocenters. The number of aliphatic hydroxyl groups excluding tert-OH is 2. The van der Waals surface area contributed by atoms with Crippen LogP contribution in [0.5, 0.6) is 0 Å². The van der Waals surface area contributed by atoms with E-state index in [0.29, 0.717) is 0 Å². The van der Waals surface area contributed by atoms with Gasteiger partial charge in [-0.25, -0.2) is 0 Å². The summed E-state index contributed by atoms with van der Waals surface area (Å²) >= 11 is 0. The summed E-state index contributed by atoms with van der Waals surface area (Å²) < 4.78 is 0. The molecule has 0 aliphatic heterocycles. The van der Waals surface area contributed by atoms with E-state index >= 15 is 0 Å². The van der Waals surface area contributed by atoms with Crippen LogP contribution in [0.2, 0.25) is 0 Å². The summed E-state index contributed by atoms with van der Waals surface area (Å²) in [5.41, 5.74) is 28.7. The molecule has 8 aromatic carbocycles. The van der Waals surface area contributed by atoms with Gasteiger partial charge in [-0.05, 0) is 123 Å². The summed E-state index contributed by atoms with van der Waals surface area (Å²) in [6.45, 7) is 24.6. The van der Waals surface area contributed by atoms with E-state index < -0.39 is 0 Å². The Bertz CT molecular complexity index is 4300. The molecule has 4 radical (unpaired) electrons. The average Bonchev–Trinajstić information content (AvgIpc) is 1.05. The molecule has 0 saturated carbocycles. The fourth-order valence-electron chi connectivity index (χ4n) is 10.3. The van der Waals surface area contributed by atoms with E-state index in [-0.39, 0.29) is 104 Å². The minimum absolute atomic E-state index is 0. The zero-order valence-corrected chi connectivity index (χ0v) is 67.6. The molecule has 4 heterocycles. The van der Waals surface area contributed by atoms with Crippen molar-refractivity contribution in [2.75, 3.05) is 0 Å². The molecule has 99 heavy (non-hydrogen) atoms. The summed E-state index contributed by atoms with van der Waals surface area (Å²) in [5.74, 6) is -0.125. The third kappa shape index (κ3) is 28.3. The number of aliphatic hydroxyl groups is 2. The zero-order valence-electron chi connectivity index (χ0n) is 58.0. The van der Waals surface area contributed by atoms with E-state index in [9.17, 15) is 9.59 Å². The Balaban J connectivity index is 0.000000318. The van der Waals surface area contributed by atoms with Crippen molar-refractivity contribution in [3.8, 4) is 89.5 Å². The van der Waals surface area contributed by atoms with Crippen LogP contribution in [0.3, 0.4) is 0 Å². The van der Waals surface area contributed by atoms with Gasteiger partial charge in [-0.1, -0.05) is 202 Å². The van der Waals surface area contributed by atoms with Gasteiger partial charge in [-0.2, -0.15) is 0 Å². The number of benzene rings is 8. The molecule has 0 fully saturated rings. The number of allylic oxidation sites excluding steroid dienone is 4. The molecular weight excluding hydrogens is 1930 g/mol. The zero-order chi connectivity index (χ0) is 68.4. The fraction of sp³-hybridized carbons (Fsp3) is 0.149. The summed E-state index contributed by atoms with van der Waals surface area (Å²) in [6, 6.07) is 86.0. The molecule has 2 N–H and O–H groups in total. The van der Waals surface area contributed by atoms with Crippen LogP contribution in [-0.2, 0) is 90.0 Å². The number of rotatable bonds is 10. The molecule has 0 aliphatic carbocycles. The van der Waals surface area contributed by atoms with Gasteiger partial charge in [0, 0.05) is 117 Å². The van der Waals surface area contributed by atoms with Crippen LogP contribution >= 0.6 is 0 Å². The van der Waals surface area contributed by atoms with E-state index in [0.717, 1.165) is 67.3 Å². The molecule has 0 bridgehead atoms. The SMILES string of the molecule is CC(=O)C=C(C)O.CC(=O)C=C(C)O.Cc1c[c-]c(-c2ccc(-c3cc(C)cc(C)c3)cn2)cc1.Cc1c[c-]c(-c2ccc(-c3ccccc3)cn2)c(C)c1.Cc1c[c-]c(-c2ccc(-c3ccccc3)cn2)c(C)c1.Cc1cc(C)cc(-c2ccc(-c3[c-]cccc3)nc2)c1.[Ir].[Ir].[Ir].[Ir]. The maximum Gasteiger partial charge on any atom is 0.155 e. The minimum Gasteiger partial charge on any atom is -0.512 e. The fourth-order valence-corrected chi connectivity index (χ4v) is 10.3. The number of carbonyl (C=O) groups excluding carboxylic acids is 2. The van der Waals surface area contributed by atoms with Crippen molar-refractivity contribution in [2.24, 2.45) is 0 Å². The number of hydrogen-bond acceptors (Lipinski definition) is 8. The minimum atomic E-state index is -0.125. The van der Waals surface area contributed by atoms with Crippen molar-refractivity contribution in [3.63, 3.8) is 0 Å². The summed E-state index contributed by atoms with van der Waals surface area (Å²) in [7, 11) is 0. The Morgan fingerprint density at radius 1 is 0.313 bits per heavy atom. The molecule has 12 aromatic rings. The number of pyridine rings is 4. The van der Waals surface area contributed by atoms with Crippen LogP contribution < -0.4 is 0 Å². The van der Waals surface area contributed by atoms with Crippen molar-refractivity contribution in [3.05, 3.63) is 335 Å². The normalized spacial score (nSPS) is 10.2. The molecular formula is C87H82Ir4N4O4-4. The third-order valence-electron chi connectivity index (χ3n) is 14.5. The van der Waals surface area contributed by atoms with E-state index in [1.54, 1.807) is 0 Å². The average molecular weight is 2020 g/mol. The van der Waals surface area contributed by atoms with Crippen LogP contribution in [0.1, 0.15) is 77.8 Å². The van der Waals surface area contributed by atoms with Crippen LogP contribution in [0.4, 0.5) is 0 Å². The number of ketones is 2. The van der Waals surface area contributed by atoms with Gasteiger partial charge in [-0.3, -0.25) is 9.59 Å². The first-order chi connectivity index (χ1) is 45.6. The standard InChI is InChI=1S/C20H18N.3C19H16N.2C5H8O2.4Ir/c1-14-4-6-17(7-5-14)20-9-8-18(13-21-20)19-11-15(2)10-16(3)12-19;2*1-14-8-10-18(15(2)12-14)19-11-9-17(13-20-19)16-6-4-3-5-7-16;1-14-10-15(2)12-18(11-14)17-8-9-19(20-13-17)16-6-4-3-5-7-16;2*1-4(6)3-5(2)7;;;;/h4-6,8-13H,1-3H3;2*3-9,11-13H,1-2H3;3-6,8-13H,1-2H3;2*3,6H,1-2H3;;;;/q4*-1;;;;;;. The Kier molecular flexibility index (Phi) is 36.8. The van der Waals surface area contributed by atoms with E-state index in [1.807, 2.05) is 104 Å². The molecule has 0 aliphatic rings. The van der Waals surface area contributed by atoms with Gasteiger partial charge in [0.25, 0.3) is 0 Å². The molecule has 0 amide bonds. The van der Waals surface area contributed by atoms with Gasteiger partial charge < -0.3 is 30.1 Å². The molecule has 8 nitrogen and oxygen atoms in total. The van der Waals surface area contributed by atoms with Crippen molar-refractivity contribution in [1.29, 1.82) is 0 Å². The Morgan fingerprint density at radius 2 is 0.646 bits per heavy atom. The second-order valence-corrected chi connectivity index (χ2v) is 23.5. The predicted molar refractivity (Wildman–Crippen MR) is 393 cm³/mol. The Hall–Kier alpha value is -8.62. The van der Waals surface area contributed by atoms with Gasteiger partial charge >= 0.3 is 0 Å². The number of carbonyl (C=O) groups is 2. The Labute approximate surface area is 640 Å². The molecule has 0 saturated heterocycles. The second kappa shape index (κ2) is 43.0. The number of hydrogen-bond donors (Lipinski definition) is 2. The molecule has 514 valence electrons. The second-order valence-electron chi connectivity index (χ2n) is 23.5. The number of aryl methyl sites for hydroxylation is 9. The first kappa shape index (κ1) is 84.6. The monoisotopic (exact) mass is 2020 g/mol. The Morgan fingerprint density at radius 3 is 0.929 bits per heavy atom. The van der Waals surface area contributed by atoms with E-state index in [1.165, 1.54) is 112 Å². The number of aromatic nitrogens is 4. The van der Waals surface area contributed by atoms with Crippen LogP contribution in [0, 0.1) is 86.6 Å². The third-order valence-corrected chi connectivity index (χ3v) is 14.5. The smallest absolute Gasteiger partial charge is 0.155 e. The van der Waals surface area contributed by atoms with Crippen LogP contribution in [-0.4, -0.2) is 41.7 Å². The quantitative estimate of drug-likeness (QED) is 0.0788. The van der Waals surface area contributed by atoms with Gasteiger partial charge in [-0.15, -0.1) is 141 Å².